The summed E-state index contributed by atoms with van der Waals surface area (Å²) in [5.74, 6) is -2.08. The van der Waals surface area contributed by atoms with Gasteiger partial charge in [-0.15, -0.1) is 0 Å². The van der Waals surface area contributed by atoms with Crippen LogP contribution in [0, 0.1) is 0 Å². The van der Waals surface area contributed by atoms with Crippen molar-refractivity contribution >= 4 is 56.8 Å². The summed E-state index contributed by atoms with van der Waals surface area (Å²) in [6.45, 7) is 0. The number of rotatable bonds is 3. The predicted octanol–water partition coefficient (Wildman–Crippen LogP) is 7.68. The highest BCUT2D eigenvalue weighted by Crippen LogP contribution is 2.54. The number of furan rings is 1. The number of benzene rings is 7. The fourth-order valence-electron chi connectivity index (χ4n) is 6.70. The van der Waals surface area contributed by atoms with Crippen LogP contribution in [-0.4, -0.2) is 33.4 Å². The van der Waals surface area contributed by atoms with Gasteiger partial charge in [0.25, 0.3) is 0 Å². The van der Waals surface area contributed by atoms with Crippen LogP contribution in [0.2, 0.25) is 0 Å². The number of para-hydroxylation sites is 1. The average molecular weight is 588 g/mol. The molecule has 0 unspecified atom stereocenters. The van der Waals surface area contributed by atoms with Gasteiger partial charge in [-0.1, -0.05) is 78.9 Å². The molecule has 216 valence electrons. The van der Waals surface area contributed by atoms with E-state index >= 15 is 0 Å². The molecule has 1 heterocycles. The van der Waals surface area contributed by atoms with Crippen molar-refractivity contribution in [2.75, 3.05) is 0 Å². The van der Waals surface area contributed by atoms with Crippen LogP contribution < -0.4 is 5.46 Å². The van der Waals surface area contributed by atoms with Crippen LogP contribution in [0.1, 0.15) is 0 Å². The molecule has 0 spiro atoms. The molecule has 8 aromatic rings. The maximum Gasteiger partial charge on any atom is 0.200 e. The molecule has 45 heavy (non-hydrogen) atoms. The van der Waals surface area contributed by atoms with Crippen LogP contribution >= 0.6 is 0 Å². The molecule has 6 nitrogen and oxygen atoms in total. The second-order valence-electron chi connectivity index (χ2n) is 11.2. The van der Waals surface area contributed by atoms with Gasteiger partial charge in [-0.3, -0.25) is 0 Å². The molecule has 0 aliphatic carbocycles. The van der Waals surface area contributed by atoms with Gasteiger partial charge in [-0.25, -0.2) is 0 Å². The van der Waals surface area contributed by atoms with Gasteiger partial charge < -0.3 is 29.9 Å². The molecule has 0 saturated carbocycles. The van der Waals surface area contributed by atoms with Crippen LogP contribution in [0.5, 0.6) is 28.7 Å². The zero-order valence-corrected chi connectivity index (χ0v) is 24.0. The molecule has 0 radical (unpaired) electrons. The summed E-state index contributed by atoms with van der Waals surface area (Å²) in [6, 6.07) is 34.6. The van der Waals surface area contributed by atoms with Crippen molar-refractivity contribution in [3.8, 4) is 62.1 Å². The molecular weight excluding hydrogens is 563 g/mol. The van der Waals surface area contributed by atoms with Crippen molar-refractivity contribution in [2.24, 2.45) is 0 Å². The van der Waals surface area contributed by atoms with E-state index in [2.05, 4.69) is 12.1 Å². The van der Waals surface area contributed by atoms with Crippen LogP contribution in [0.25, 0.3) is 76.9 Å². The van der Waals surface area contributed by atoms with Crippen LogP contribution in [-0.2, 0) is 0 Å². The lowest BCUT2D eigenvalue weighted by atomic mass is 9.80. The molecule has 0 aliphatic rings. The third-order valence-electron chi connectivity index (χ3n) is 8.78. The number of fused-ring (bicyclic) bond motifs is 5. The normalized spacial score (nSPS) is 11.6. The Balaban J connectivity index is 1.64. The standard InChI is InChI=1S/C38H25BO6/c39-34-35(41)33(36(42)38(44)37(34)43)26-17-18-28-31(25-11-5-6-12-27(25)45-28)32(26)30-23-9-3-1-7-21(23)29(19-13-15-20(40)16-14-19)22-8-2-4-10-24(22)30/h1-18,40-44H,39H2. The molecule has 0 atom stereocenters. The molecule has 7 heteroatoms. The molecule has 0 amide bonds. The van der Waals surface area contributed by atoms with Crippen molar-refractivity contribution in [1.82, 2.24) is 0 Å². The quantitative estimate of drug-likeness (QED) is 0.0626. The van der Waals surface area contributed by atoms with E-state index in [9.17, 15) is 25.5 Å². The van der Waals surface area contributed by atoms with E-state index < -0.39 is 17.2 Å². The Morgan fingerprint density at radius 2 is 0.978 bits per heavy atom. The minimum atomic E-state index is -0.708. The van der Waals surface area contributed by atoms with Gasteiger partial charge >= 0.3 is 0 Å². The van der Waals surface area contributed by atoms with E-state index in [1.165, 1.54) is 7.85 Å². The molecule has 0 saturated heterocycles. The maximum absolute atomic E-state index is 11.4. The van der Waals surface area contributed by atoms with Gasteiger partial charge in [-0.05, 0) is 79.6 Å². The zero-order valence-electron chi connectivity index (χ0n) is 24.0. The summed E-state index contributed by atoms with van der Waals surface area (Å²) in [7, 11) is 1.48. The number of phenols is 5. The van der Waals surface area contributed by atoms with Gasteiger partial charge in [0.15, 0.2) is 11.5 Å². The lowest BCUT2D eigenvalue weighted by molar-refractivity contribution is 0.366. The fourth-order valence-corrected chi connectivity index (χ4v) is 6.70. The molecule has 0 bridgehead atoms. The lowest BCUT2D eigenvalue weighted by Crippen LogP contribution is -2.06. The third kappa shape index (κ3) is 3.77. The summed E-state index contributed by atoms with van der Waals surface area (Å²) in [6.07, 6.45) is 0. The molecule has 0 fully saturated rings. The Labute approximate surface area is 257 Å². The summed E-state index contributed by atoms with van der Waals surface area (Å²) in [5, 5.41) is 59.3. The number of aromatic hydroxyl groups is 5. The maximum atomic E-state index is 11.4. The number of hydrogen-bond acceptors (Lipinski definition) is 6. The van der Waals surface area contributed by atoms with E-state index in [0.717, 1.165) is 49.0 Å². The van der Waals surface area contributed by atoms with E-state index in [1.807, 2.05) is 72.8 Å². The first-order chi connectivity index (χ1) is 21.8. The SMILES string of the molecule is Bc1c(O)c(O)c(O)c(-c2ccc3oc4ccccc4c3c2-c2c3ccccc3c(-c3ccc(O)cc3)c3ccccc23)c1O. The van der Waals surface area contributed by atoms with Crippen molar-refractivity contribution < 1.29 is 29.9 Å². The fraction of sp³-hybridized carbons (Fsp3) is 0. The Morgan fingerprint density at radius 3 is 1.60 bits per heavy atom. The number of phenolic OH excluding ortho intramolecular Hbond substituents is 5. The Morgan fingerprint density at radius 1 is 0.422 bits per heavy atom. The van der Waals surface area contributed by atoms with Gasteiger partial charge in [0.05, 0.1) is 5.56 Å². The Hall–Kier alpha value is -6.08. The molecule has 8 rings (SSSR count). The molecule has 7 aromatic carbocycles. The van der Waals surface area contributed by atoms with Crippen molar-refractivity contribution in [2.45, 2.75) is 0 Å². The van der Waals surface area contributed by atoms with Gasteiger partial charge in [-0.2, -0.15) is 0 Å². The molecular formula is C38H25BO6. The minimum absolute atomic E-state index is 0.000699. The molecule has 5 N–H and O–H groups in total. The largest absolute Gasteiger partial charge is 0.508 e. The van der Waals surface area contributed by atoms with Crippen molar-refractivity contribution in [1.29, 1.82) is 0 Å². The van der Waals surface area contributed by atoms with Crippen molar-refractivity contribution in [3.05, 3.63) is 109 Å². The summed E-state index contributed by atoms with van der Waals surface area (Å²) in [5.41, 5.74) is 5.27. The first kappa shape index (κ1) is 26.5. The predicted molar refractivity (Wildman–Crippen MR) is 182 cm³/mol. The summed E-state index contributed by atoms with van der Waals surface area (Å²) >= 11 is 0. The zero-order chi connectivity index (χ0) is 31.0. The van der Waals surface area contributed by atoms with Crippen LogP contribution in [0.3, 0.4) is 0 Å². The Kier molecular flexibility index (Phi) is 5.74. The van der Waals surface area contributed by atoms with E-state index in [1.54, 1.807) is 24.3 Å². The summed E-state index contributed by atoms with van der Waals surface area (Å²) < 4.78 is 6.32. The Bertz CT molecular complexity index is 2410. The van der Waals surface area contributed by atoms with Gasteiger partial charge in [0, 0.05) is 16.3 Å². The van der Waals surface area contributed by atoms with Gasteiger partial charge in [0.1, 0.15) is 30.5 Å². The van der Waals surface area contributed by atoms with Crippen LogP contribution in [0.15, 0.2) is 114 Å². The minimum Gasteiger partial charge on any atom is -0.508 e. The van der Waals surface area contributed by atoms with Crippen molar-refractivity contribution in [3.63, 3.8) is 0 Å². The highest BCUT2D eigenvalue weighted by molar-refractivity contribution is 6.38. The lowest BCUT2D eigenvalue weighted by Gasteiger charge is -2.22. The third-order valence-corrected chi connectivity index (χ3v) is 8.78. The molecule has 0 aliphatic heterocycles. The first-order valence-corrected chi connectivity index (χ1v) is 14.5. The van der Waals surface area contributed by atoms with E-state index in [4.69, 9.17) is 4.42 Å². The van der Waals surface area contributed by atoms with Gasteiger partial charge in [0.2, 0.25) is 5.75 Å². The monoisotopic (exact) mass is 588 g/mol. The average Bonchev–Trinajstić information content (AvgIpc) is 3.45. The second-order valence-corrected chi connectivity index (χ2v) is 11.2. The number of hydrogen-bond donors (Lipinski definition) is 5. The second kappa shape index (κ2) is 9.72. The molecule has 1 aromatic heterocycles. The highest BCUT2D eigenvalue weighted by Gasteiger charge is 2.28. The van der Waals surface area contributed by atoms with Crippen LogP contribution in [0.4, 0.5) is 0 Å². The topological polar surface area (TPSA) is 114 Å². The van der Waals surface area contributed by atoms with E-state index in [-0.39, 0.29) is 22.5 Å². The summed E-state index contributed by atoms with van der Waals surface area (Å²) in [4.78, 5) is 0. The smallest absolute Gasteiger partial charge is 0.200 e. The van der Waals surface area contributed by atoms with E-state index in [0.29, 0.717) is 22.3 Å². The highest BCUT2D eigenvalue weighted by atomic mass is 16.3. The first-order valence-electron chi connectivity index (χ1n) is 14.5.